The first-order valence-electron chi connectivity index (χ1n) is 10.4. The summed E-state index contributed by atoms with van der Waals surface area (Å²) in [6.07, 6.45) is 1.70. The molecule has 0 atom stereocenters. The number of ether oxygens (including phenoxy) is 1. The van der Waals surface area contributed by atoms with E-state index in [0.29, 0.717) is 0 Å². The van der Waals surface area contributed by atoms with Crippen LogP contribution >= 0.6 is 15.9 Å². The Bertz CT molecular complexity index is 1660. The predicted molar refractivity (Wildman–Crippen MR) is 135 cm³/mol. The lowest BCUT2D eigenvalue weighted by Gasteiger charge is -2.12. The van der Waals surface area contributed by atoms with Crippen molar-refractivity contribution >= 4 is 38.7 Å². The Hall–Kier alpha value is -4.50. The van der Waals surface area contributed by atoms with Crippen LogP contribution in [0.4, 0.5) is 18.9 Å². The third kappa shape index (κ3) is 5.36. The molecule has 0 aliphatic heterocycles. The fourth-order valence-electron chi connectivity index (χ4n) is 3.44. The molecule has 12 heteroatoms. The molecule has 0 fully saturated rings. The van der Waals surface area contributed by atoms with E-state index >= 15 is 0 Å². The summed E-state index contributed by atoms with van der Waals surface area (Å²) >= 11 is 3.20. The van der Waals surface area contributed by atoms with Crippen LogP contribution in [0, 0.1) is 22.5 Å². The van der Waals surface area contributed by atoms with E-state index in [1.54, 1.807) is 18.2 Å². The van der Waals surface area contributed by atoms with Crippen molar-refractivity contribution in [3.63, 3.8) is 0 Å². The minimum atomic E-state index is -4.62. The van der Waals surface area contributed by atoms with Crippen molar-refractivity contribution in [3.8, 4) is 29.5 Å². The lowest BCUT2D eigenvalue weighted by Crippen LogP contribution is -2.20. The largest absolute Gasteiger partial charge is 0.473 e. The van der Waals surface area contributed by atoms with Gasteiger partial charge in [-0.25, -0.2) is 4.98 Å². The van der Waals surface area contributed by atoms with E-state index in [1.165, 1.54) is 24.3 Å². The molecule has 0 amide bonds. The Morgan fingerprint density at radius 3 is 2.65 bits per heavy atom. The normalized spacial score (nSPS) is 11.5. The lowest BCUT2D eigenvalue weighted by atomic mass is 10.1. The van der Waals surface area contributed by atoms with Gasteiger partial charge in [-0.05, 0) is 46.3 Å². The van der Waals surface area contributed by atoms with Crippen LogP contribution in [0.25, 0.3) is 22.3 Å². The number of hydrogen-bond donors (Lipinski definition) is 0. The molecule has 0 saturated heterocycles. The number of rotatable bonds is 6. The van der Waals surface area contributed by atoms with Crippen LogP contribution in [0.3, 0.4) is 0 Å². The van der Waals surface area contributed by atoms with Gasteiger partial charge in [-0.3, -0.25) is 14.9 Å². The van der Waals surface area contributed by atoms with Crippen molar-refractivity contribution in [2.45, 2.75) is 6.18 Å². The second-order valence-corrected chi connectivity index (χ2v) is 8.35. The number of benzene rings is 3. The lowest BCUT2D eigenvalue weighted by molar-refractivity contribution is -0.385. The van der Waals surface area contributed by atoms with Gasteiger partial charge in [0.15, 0.2) is 5.82 Å². The van der Waals surface area contributed by atoms with E-state index < -0.39 is 27.9 Å². The van der Waals surface area contributed by atoms with Crippen molar-refractivity contribution in [3.05, 3.63) is 96.7 Å². The molecule has 4 rings (SSSR count). The molecule has 0 radical (unpaired) electrons. The summed E-state index contributed by atoms with van der Waals surface area (Å²) in [4.78, 5) is 28.5. The highest BCUT2D eigenvalue weighted by Gasteiger charge is 2.31. The minimum Gasteiger partial charge on any atom is -0.473 e. The first-order valence-corrected chi connectivity index (χ1v) is 11.2. The zero-order valence-electron chi connectivity index (χ0n) is 18.6. The van der Waals surface area contributed by atoms with Crippen LogP contribution in [0.1, 0.15) is 11.1 Å². The van der Waals surface area contributed by atoms with E-state index in [1.807, 2.05) is 0 Å². The topological polar surface area (TPSA) is 99.6 Å². The second-order valence-electron chi connectivity index (χ2n) is 7.49. The fourth-order valence-corrected chi connectivity index (χ4v) is 4.02. The molecular weight excluding hydrogens is 557 g/mol. The number of nitrogens with zero attached hydrogens (tertiary/aromatic N) is 4. The Kier molecular flexibility index (Phi) is 7.08. The average Bonchev–Trinajstić information content (AvgIpc) is 2.86. The third-order valence-electron chi connectivity index (χ3n) is 5.07. The number of terminal acetylenes is 1. The van der Waals surface area contributed by atoms with Gasteiger partial charge in [0.05, 0.1) is 32.1 Å². The number of alkyl halides is 3. The van der Waals surface area contributed by atoms with E-state index in [9.17, 15) is 28.1 Å². The van der Waals surface area contributed by atoms with Crippen molar-refractivity contribution in [1.82, 2.24) is 9.66 Å². The summed E-state index contributed by atoms with van der Waals surface area (Å²) in [5.41, 5.74) is -1.52. The van der Waals surface area contributed by atoms with Gasteiger partial charge in [0.2, 0.25) is 5.75 Å². The molecule has 3 aromatic carbocycles. The number of hydrogen-bond acceptors (Lipinski definition) is 6. The number of para-hydroxylation sites is 1. The van der Waals surface area contributed by atoms with E-state index in [4.69, 9.17) is 11.2 Å². The van der Waals surface area contributed by atoms with Crippen LogP contribution in [0.15, 0.2) is 75.0 Å². The van der Waals surface area contributed by atoms with E-state index in [0.717, 1.165) is 29.1 Å². The van der Waals surface area contributed by atoms with Gasteiger partial charge in [-0.2, -0.15) is 22.9 Å². The maximum absolute atomic E-state index is 13.3. The monoisotopic (exact) mass is 570 g/mol. The number of nitro benzene ring substituents is 1. The van der Waals surface area contributed by atoms with Gasteiger partial charge < -0.3 is 4.74 Å². The number of aromatic nitrogens is 2. The third-order valence-corrected chi connectivity index (χ3v) is 5.66. The highest BCUT2D eigenvalue weighted by Crippen LogP contribution is 2.36. The van der Waals surface area contributed by atoms with Gasteiger partial charge in [0.1, 0.15) is 6.61 Å². The number of halogens is 4. The molecule has 0 spiro atoms. The molecule has 1 heterocycles. The van der Waals surface area contributed by atoms with Crippen LogP contribution < -0.4 is 10.3 Å². The van der Waals surface area contributed by atoms with Crippen molar-refractivity contribution in [2.75, 3.05) is 6.61 Å². The molecular formula is C25H14BrF3N4O4. The summed E-state index contributed by atoms with van der Waals surface area (Å²) < 4.78 is 46.3. The quantitative estimate of drug-likeness (QED) is 0.129. The Morgan fingerprint density at radius 1 is 1.19 bits per heavy atom. The van der Waals surface area contributed by atoms with Gasteiger partial charge in [0.25, 0.3) is 5.56 Å². The number of fused-ring (bicyclic) bond motifs is 1. The highest BCUT2D eigenvalue weighted by molar-refractivity contribution is 9.10. The Balaban J connectivity index is 1.90. The zero-order chi connectivity index (χ0) is 26.7. The maximum Gasteiger partial charge on any atom is 0.416 e. The molecule has 186 valence electrons. The molecule has 0 saturated carbocycles. The van der Waals surface area contributed by atoms with Crippen LogP contribution in [0.2, 0.25) is 0 Å². The minimum absolute atomic E-state index is 0.0000201. The first kappa shape index (κ1) is 25.6. The van der Waals surface area contributed by atoms with Crippen molar-refractivity contribution < 1.29 is 22.8 Å². The molecule has 0 N–H and O–H groups in total. The van der Waals surface area contributed by atoms with E-state index in [-0.39, 0.29) is 44.7 Å². The number of nitro groups is 1. The Morgan fingerprint density at radius 2 is 1.95 bits per heavy atom. The molecule has 8 nitrogen and oxygen atoms in total. The van der Waals surface area contributed by atoms with Crippen molar-refractivity contribution in [1.29, 1.82) is 0 Å². The second kappa shape index (κ2) is 10.2. The molecule has 4 aromatic rings. The van der Waals surface area contributed by atoms with Gasteiger partial charge in [0, 0.05) is 17.2 Å². The highest BCUT2D eigenvalue weighted by atomic mass is 79.9. The maximum atomic E-state index is 13.3. The van der Waals surface area contributed by atoms with E-state index in [2.05, 4.69) is 31.9 Å². The molecule has 0 unspecified atom stereocenters. The standard InChI is InChI=1S/C25H14BrF3N4O4/c1-2-10-37-22-19(26)11-15(12-21(22)33(35)36)14-30-32-23(16-6-5-7-17(13-16)25(27,28)29)31-20-9-4-3-8-18(20)24(32)34/h1,3-9,11-14H,10H2. The van der Waals surface area contributed by atoms with Crippen molar-refractivity contribution in [2.24, 2.45) is 5.10 Å². The summed E-state index contributed by atoms with van der Waals surface area (Å²) in [6, 6.07) is 13.2. The molecule has 0 bridgehead atoms. The Labute approximate surface area is 215 Å². The van der Waals surface area contributed by atoms with Crippen LogP contribution in [-0.2, 0) is 6.18 Å². The van der Waals surface area contributed by atoms with Gasteiger partial charge >= 0.3 is 11.9 Å². The van der Waals surface area contributed by atoms with Gasteiger partial charge in [-0.15, -0.1) is 6.42 Å². The molecule has 1 aromatic heterocycles. The fraction of sp³-hybridized carbons (Fsp3) is 0.0800. The smallest absolute Gasteiger partial charge is 0.416 e. The van der Waals surface area contributed by atoms with Crippen LogP contribution in [-0.4, -0.2) is 27.4 Å². The SMILES string of the molecule is C#CCOc1c(Br)cc(C=Nn2c(-c3cccc(C(F)(F)F)c3)nc3ccccc3c2=O)cc1[N+](=O)[O-]. The van der Waals surface area contributed by atoms with Crippen LogP contribution in [0.5, 0.6) is 5.75 Å². The summed E-state index contributed by atoms with van der Waals surface area (Å²) in [6.45, 7) is -0.203. The van der Waals surface area contributed by atoms with Gasteiger partial charge in [-0.1, -0.05) is 30.2 Å². The summed E-state index contributed by atoms with van der Waals surface area (Å²) in [5, 5.41) is 15.9. The molecule has 0 aliphatic rings. The molecule has 0 aliphatic carbocycles. The average molecular weight is 571 g/mol. The summed E-state index contributed by atoms with van der Waals surface area (Å²) in [7, 11) is 0. The predicted octanol–water partition coefficient (Wildman–Crippen LogP) is 5.65. The first-order chi connectivity index (χ1) is 17.6. The zero-order valence-corrected chi connectivity index (χ0v) is 20.2. The molecule has 37 heavy (non-hydrogen) atoms. The summed E-state index contributed by atoms with van der Waals surface area (Å²) in [5.74, 6) is 1.99.